The van der Waals surface area contributed by atoms with Crippen LogP contribution in [0.4, 0.5) is 24.8 Å². The largest absolute Gasteiger partial charge is 0.466 e. The number of ether oxygens (including phenoxy) is 2. The molecule has 2 aliphatic rings. The molecule has 10 nitrogen and oxygen atoms in total. The minimum absolute atomic E-state index is 0.0751. The van der Waals surface area contributed by atoms with Gasteiger partial charge in [-0.05, 0) is 62.4 Å². The number of methoxy groups -OCH3 is 1. The topological polar surface area (TPSA) is 122 Å². The molecule has 13 heteroatoms. The van der Waals surface area contributed by atoms with Gasteiger partial charge in [-0.25, -0.2) is 4.98 Å². The number of imidazole rings is 1. The lowest BCUT2D eigenvalue weighted by molar-refractivity contribution is -0.142. The molecule has 2 fully saturated rings. The van der Waals surface area contributed by atoms with E-state index in [1.54, 1.807) is 44.4 Å². The van der Waals surface area contributed by atoms with Crippen LogP contribution in [0.3, 0.4) is 0 Å². The van der Waals surface area contributed by atoms with Gasteiger partial charge in [-0.3, -0.25) is 19.9 Å². The van der Waals surface area contributed by atoms with Crippen molar-refractivity contribution in [3.05, 3.63) is 65.0 Å². The van der Waals surface area contributed by atoms with Gasteiger partial charge in [0.15, 0.2) is 5.65 Å². The van der Waals surface area contributed by atoms with Gasteiger partial charge < -0.3 is 19.4 Å². The van der Waals surface area contributed by atoms with Crippen molar-refractivity contribution < 1.29 is 32.2 Å². The second kappa shape index (κ2) is 13.5. The highest BCUT2D eigenvalue weighted by Gasteiger charge is 2.40. The summed E-state index contributed by atoms with van der Waals surface area (Å²) in [5.74, 6) is -0.834. The number of nitrogens with one attached hydrogen (secondary N) is 2. The molecule has 3 heterocycles. The van der Waals surface area contributed by atoms with Crippen LogP contribution < -0.4 is 10.2 Å². The van der Waals surface area contributed by atoms with E-state index in [1.165, 1.54) is 6.20 Å². The normalized spacial score (nSPS) is 15.9. The van der Waals surface area contributed by atoms with Gasteiger partial charge in [0.1, 0.15) is 5.52 Å². The standard InChI is InChI=1S/C35H39F3N6O4/c1-4-48-28(45)15-21-7-9-23(10-8-21)32(46)43-33-41-30-27(44(2)19-34(20-47-3)13-5-6-14-34)17-26(40-31(30)42-33)24-16-25(35(36,37)38)29(39-18-24)22-11-12-22/h7-10,16-18,22H,4-6,11-15,19-20H2,1-3H3,(H2,40,41,42,43,46). The van der Waals surface area contributed by atoms with E-state index in [4.69, 9.17) is 9.47 Å². The Morgan fingerprint density at radius 2 is 1.83 bits per heavy atom. The fraction of sp³-hybridized carbons (Fsp3) is 0.457. The molecule has 2 aliphatic carbocycles. The van der Waals surface area contributed by atoms with Crippen LogP contribution in [0, 0.1) is 5.41 Å². The Kier molecular flexibility index (Phi) is 9.41. The van der Waals surface area contributed by atoms with Gasteiger partial charge in [0.05, 0.1) is 42.3 Å². The second-order valence-electron chi connectivity index (χ2n) is 12.9. The summed E-state index contributed by atoms with van der Waals surface area (Å²) in [6.45, 7) is 3.26. The van der Waals surface area contributed by atoms with Crippen molar-refractivity contribution in [3.8, 4) is 11.3 Å². The number of anilines is 2. The third-order valence-corrected chi connectivity index (χ3v) is 9.12. The number of esters is 1. The van der Waals surface area contributed by atoms with Crippen LogP contribution in [-0.2, 0) is 26.9 Å². The van der Waals surface area contributed by atoms with Crippen molar-refractivity contribution in [2.45, 2.75) is 64.0 Å². The average Bonchev–Trinajstić information content (AvgIpc) is 3.67. The molecular formula is C35H39F3N6O4. The molecule has 0 radical (unpaired) electrons. The molecule has 0 saturated heterocycles. The molecule has 1 amide bonds. The molecule has 2 saturated carbocycles. The van der Waals surface area contributed by atoms with Crippen molar-refractivity contribution in [3.63, 3.8) is 0 Å². The number of fused-ring (bicyclic) bond motifs is 1. The van der Waals surface area contributed by atoms with E-state index < -0.39 is 17.6 Å². The SMILES string of the molecule is CCOC(=O)Cc1ccc(C(=O)Nc2nc3nc(-c4cnc(C5CC5)c(C(F)(F)F)c4)cc(N(C)CC4(COC)CCCC4)c3[nH]2)cc1. The lowest BCUT2D eigenvalue weighted by Gasteiger charge is -2.34. The lowest BCUT2D eigenvalue weighted by Crippen LogP contribution is -2.37. The van der Waals surface area contributed by atoms with Gasteiger partial charge in [0.25, 0.3) is 5.91 Å². The smallest absolute Gasteiger partial charge is 0.418 e. The van der Waals surface area contributed by atoms with E-state index in [2.05, 4.69) is 30.2 Å². The monoisotopic (exact) mass is 664 g/mol. The van der Waals surface area contributed by atoms with Crippen molar-refractivity contribution in [2.24, 2.45) is 5.41 Å². The number of aromatic amines is 1. The van der Waals surface area contributed by atoms with E-state index in [0.29, 0.717) is 54.0 Å². The predicted octanol–water partition coefficient (Wildman–Crippen LogP) is 6.92. The van der Waals surface area contributed by atoms with Crippen LogP contribution in [0.2, 0.25) is 0 Å². The van der Waals surface area contributed by atoms with Gasteiger partial charge in [0.2, 0.25) is 5.95 Å². The number of rotatable bonds is 12. The van der Waals surface area contributed by atoms with Gasteiger partial charge in [-0.15, -0.1) is 0 Å². The van der Waals surface area contributed by atoms with E-state index in [9.17, 15) is 22.8 Å². The fourth-order valence-corrected chi connectivity index (χ4v) is 6.70. The van der Waals surface area contributed by atoms with Gasteiger partial charge >= 0.3 is 12.1 Å². The molecule has 0 unspecified atom stereocenters. The number of hydrogen-bond donors (Lipinski definition) is 2. The molecular weight excluding hydrogens is 625 g/mol. The fourth-order valence-electron chi connectivity index (χ4n) is 6.70. The maximum Gasteiger partial charge on any atom is 0.418 e. The van der Waals surface area contributed by atoms with Crippen LogP contribution in [0.25, 0.3) is 22.4 Å². The Morgan fingerprint density at radius 3 is 2.48 bits per heavy atom. The van der Waals surface area contributed by atoms with Crippen LogP contribution in [-0.4, -0.2) is 65.7 Å². The predicted molar refractivity (Wildman–Crippen MR) is 175 cm³/mol. The van der Waals surface area contributed by atoms with Crippen LogP contribution in [0.1, 0.15) is 78.5 Å². The highest BCUT2D eigenvalue weighted by Crippen LogP contribution is 2.46. The lowest BCUT2D eigenvalue weighted by atomic mass is 9.86. The van der Waals surface area contributed by atoms with Crippen LogP contribution >= 0.6 is 0 Å². The first-order valence-corrected chi connectivity index (χ1v) is 16.2. The summed E-state index contributed by atoms with van der Waals surface area (Å²) < 4.78 is 53.0. The Bertz CT molecular complexity index is 1800. The molecule has 0 aliphatic heterocycles. The van der Waals surface area contributed by atoms with Crippen molar-refractivity contribution >= 4 is 34.7 Å². The molecule has 48 heavy (non-hydrogen) atoms. The minimum atomic E-state index is -4.56. The zero-order valence-electron chi connectivity index (χ0n) is 27.2. The Labute approximate surface area is 276 Å². The molecule has 6 rings (SSSR count). The van der Waals surface area contributed by atoms with Crippen LogP contribution in [0.5, 0.6) is 0 Å². The number of hydrogen-bond acceptors (Lipinski definition) is 8. The number of pyridine rings is 2. The number of halogens is 3. The number of carbonyl (C=O) groups is 2. The summed E-state index contributed by atoms with van der Waals surface area (Å²) in [6, 6.07) is 9.45. The number of amides is 1. The van der Waals surface area contributed by atoms with Crippen molar-refractivity contribution in [1.82, 2.24) is 19.9 Å². The highest BCUT2D eigenvalue weighted by molar-refractivity contribution is 6.04. The number of aromatic nitrogens is 4. The summed E-state index contributed by atoms with van der Waals surface area (Å²) in [5.41, 5.74) is 2.27. The summed E-state index contributed by atoms with van der Waals surface area (Å²) in [7, 11) is 3.62. The third kappa shape index (κ3) is 7.30. The van der Waals surface area contributed by atoms with Gasteiger partial charge in [0, 0.05) is 49.4 Å². The van der Waals surface area contributed by atoms with E-state index in [-0.39, 0.29) is 53.2 Å². The maximum absolute atomic E-state index is 14.2. The Hall–Kier alpha value is -4.52. The van der Waals surface area contributed by atoms with E-state index in [0.717, 1.165) is 31.7 Å². The summed E-state index contributed by atoms with van der Waals surface area (Å²) in [4.78, 5) is 43.7. The zero-order chi connectivity index (χ0) is 34.1. The molecule has 0 spiro atoms. The van der Waals surface area contributed by atoms with Crippen LogP contribution in [0.15, 0.2) is 42.6 Å². The minimum Gasteiger partial charge on any atom is -0.466 e. The van der Waals surface area contributed by atoms with E-state index in [1.807, 2.05) is 7.05 Å². The average molecular weight is 665 g/mol. The molecule has 2 N–H and O–H groups in total. The summed E-state index contributed by atoms with van der Waals surface area (Å²) in [6.07, 6.45) is 2.56. The number of nitrogens with zero attached hydrogens (tertiary/aromatic N) is 4. The van der Waals surface area contributed by atoms with Crippen molar-refractivity contribution in [1.29, 1.82) is 0 Å². The molecule has 0 bridgehead atoms. The first-order chi connectivity index (χ1) is 23.0. The number of benzene rings is 1. The Morgan fingerprint density at radius 1 is 1.10 bits per heavy atom. The molecule has 4 aromatic rings. The quantitative estimate of drug-likeness (QED) is 0.157. The summed E-state index contributed by atoms with van der Waals surface area (Å²) >= 11 is 0. The van der Waals surface area contributed by atoms with Gasteiger partial charge in [-0.1, -0.05) is 25.0 Å². The molecule has 0 atom stereocenters. The highest BCUT2D eigenvalue weighted by atomic mass is 19.4. The van der Waals surface area contributed by atoms with E-state index >= 15 is 0 Å². The first-order valence-electron chi connectivity index (χ1n) is 16.2. The third-order valence-electron chi connectivity index (χ3n) is 9.12. The molecule has 254 valence electrons. The summed E-state index contributed by atoms with van der Waals surface area (Å²) in [5, 5.41) is 2.77. The first kappa shape index (κ1) is 33.4. The Balaban J connectivity index is 1.34. The second-order valence-corrected chi connectivity index (χ2v) is 12.9. The number of alkyl halides is 3. The molecule has 3 aromatic heterocycles. The van der Waals surface area contributed by atoms with Gasteiger partial charge in [-0.2, -0.15) is 18.2 Å². The number of carbonyl (C=O) groups excluding carboxylic acids is 2. The van der Waals surface area contributed by atoms with Crippen molar-refractivity contribution in [2.75, 3.05) is 44.1 Å². The maximum atomic E-state index is 14.2. The zero-order valence-corrected chi connectivity index (χ0v) is 27.2. The molecule has 1 aromatic carbocycles. The number of H-pyrrole nitrogens is 1.